The lowest BCUT2D eigenvalue weighted by Gasteiger charge is -2.12. The predicted octanol–water partition coefficient (Wildman–Crippen LogP) is 6.44. The second-order valence-electron chi connectivity index (χ2n) is 8.36. The number of benzene rings is 4. The number of anilines is 3. The van der Waals surface area contributed by atoms with Crippen LogP contribution in [0.25, 0.3) is 10.8 Å². The first-order valence-corrected chi connectivity index (χ1v) is 13.0. The number of phenolic OH excluding ortho intramolecular Hbond substituents is 1. The van der Waals surface area contributed by atoms with Gasteiger partial charge in [0.1, 0.15) is 29.8 Å². The Balaban J connectivity index is 1.55. The molecule has 5 rings (SSSR count). The number of nitrogens with two attached hydrogens (primary N) is 1. The molecule has 0 radical (unpaired) electrons. The van der Waals surface area contributed by atoms with Crippen LogP contribution in [0.3, 0.4) is 0 Å². The highest BCUT2D eigenvalue weighted by Crippen LogP contribution is 2.46. The number of rotatable bonds is 7. The van der Waals surface area contributed by atoms with Gasteiger partial charge in [-0.1, -0.05) is 30.3 Å². The molecule has 0 aliphatic heterocycles. The highest BCUT2D eigenvalue weighted by atomic mass is 32.2. The van der Waals surface area contributed by atoms with Gasteiger partial charge in [0, 0.05) is 5.69 Å². The summed E-state index contributed by atoms with van der Waals surface area (Å²) in [5.74, 6) is -0.115. The zero-order valence-electron chi connectivity index (χ0n) is 21.8. The molecule has 5 aromatic rings. The summed E-state index contributed by atoms with van der Waals surface area (Å²) in [6.07, 6.45) is -0.204. The number of aromatic hydroxyl groups is 1. The molecule has 40 heavy (non-hydrogen) atoms. The molecule has 0 aliphatic carbocycles. The number of aromatic nitrogens is 3. The summed E-state index contributed by atoms with van der Waals surface area (Å²) in [5, 5.41) is 30.6. The summed E-state index contributed by atoms with van der Waals surface area (Å²) >= 11 is 0. The van der Waals surface area contributed by atoms with Crippen molar-refractivity contribution in [3.05, 3.63) is 84.9 Å². The lowest BCUT2D eigenvalue weighted by molar-refractivity contribution is 0.472. The normalized spacial score (nSPS) is 12.3. The van der Waals surface area contributed by atoms with Crippen LogP contribution < -0.4 is 11.1 Å². The standard InChI is InChI=1S/C26H21N9O4S/c1-15-28-14-29-26(30-15)31-18-8-5-9-19(13-18)33-35-24-21(40(37,38)39)12-16-10-11-20(23(27)22(16)25(24)36)34-32-17-6-3-2-4-7-17/h2-14,36H,27H2,1H3,(H,37,38,39)(H,28,29,30,31)/i14T. The van der Waals surface area contributed by atoms with E-state index in [1.807, 2.05) is 6.07 Å². The average Bonchev–Trinajstić information content (AvgIpc) is 2.91. The molecule has 0 spiro atoms. The quantitative estimate of drug-likeness (QED) is 0.0986. The Bertz CT molecular complexity index is 1930. The van der Waals surface area contributed by atoms with Crippen LogP contribution in [0.15, 0.2) is 104 Å². The molecule has 0 saturated carbocycles. The summed E-state index contributed by atoms with van der Waals surface area (Å²) in [5.41, 5.74) is 7.34. The van der Waals surface area contributed by atoms with E-state index in [4.69, 9.17) is 7.10 Å². The van der Waals surface area contributed by atoms with Crippen molar-refractivity contribution in [1.82, 2.24) is 15.0 Å². The first kappa shape index (κ1) is 25.0. The van der Waals surface area contributed by atoms with Gasteiger partial charge in [0.15, 0.2) is 5.75 Å². The molecule has 4 aromatic carbocycles. The molecule has 0 saturated heterocycles. The lowest BCUT2D eigenvalue weighted by Crippen LogP contribution is -2.00. The van der Waals surface area contributed by atoms with Gasteiger partial charge in [-0.25, -0.2) is 9.97 Å². The second kappa shape index (κ2) is 10.8. The Hall–Kier alpha value is -5.34. The minimum Gasteiger partial charge on any atom is -0.505 e. The van der Waals surface area contributed by atoms with Crippen molar-refractivity contribution < 1.29 is 19.4 Å². The molecule has 0 aliphatic rings. The number of phenols is 1. The van der Waals surface area contributed by atoms with E-state index in [0.717, 1.165) is 6.07 Å². The molecule has 0 atom stereocenters. The van der Waals surface area contributed by atoms with E-state index in [1.54, 1.807) is 55.5 Å². The van der Waals surface area contributed by atoms with Gasteiger partial charge in [0.05, 0.1) is 22.4 Å². The zero-order valence-corrected chi connectivity index (χ0v) is 21.6. The summed E-state index contributed by atoms with van der Waals surface area (Å²) < 4.78 is 42.0. The Morgan fingerprint density at radius 3 is 2.42 bits per heavy atom. The Morgan fingerprint density at radius 2 is 1.68 bits per heavy atom. The van der Waals surface area contributed by atoms with Crippen molar-refractivity contribution in [2.45, 2.75) is 11.8 Å². The fourth-order valence-electron chi connectivity index (χ4n) is 3.73. The van der Waals surface area contributed by atoms with Gasteiger partial charge in [0.25, 0.3) is 10.1 Å². The first-order valence-electron chi connectivity index (χ1n) is 12.1. The van der Waals surface area contributed by atoms with E-state index >= 15 is 0 Å². The average molecular weight is 558 g/mol. The van der Waals surface area contributed by atoms with Crippen molar-refractivity contribution >= 4 is 61.0 Å². The van der Waals surface area contributed by atoms with Crippen LogP contribution in [0.4, 0.5) is 40.1 Å². The summed E-state index contributed by atoms with van der Waals surface area (Å²) in [6.45, 7) is 1.63. The fraction of sp³-hybridized carbons (Fsp3) is 0.0385. The monoisotopic (exact) mass is 557 g/mol. The van der Waals surface area contributed by atoms with E-state index in [9.17, 15) is 18.1 Å². The number of hydrogen-bond donors (Lipinski definition) is 4. The van der Waals surface area contributed by atoms with Crippen LogP contribution in [-0.4, -0.2) is 33.0 Å². The molecule has 0 unspecified atom stereocenters. The molecule has 5 N–H and O–H groups in total. The van der Waals surface area contributed by atoms with Gasteiger partial charge in [-0.2, -0.15) is 23.6 Å². The number of nitrogen functional groups attached to an aromatic ring is 1. The Kier molecular flexibility index (Phi) is 6.74. The first-order chi connectivity index (χ1) is 19.6. The lowest BCUT2D eigenvalue weighted by atomic mass is 10.1. The smallest absolute Gasteiger partial charge is 0.296 e. The molecule has 1 aromatic heterocycles. The highest BCUT2D eigenvalue weighted by Gasteiger charge is 2.24. The van der Waals surface area contributed by atoms with Crippen LogP contribution in [-0.2, 0) is 10.1 Å². The van der Waals surface area contributed by atoms with Crippen molar-refractivity contribution in [3.8, 4) is 5.75 Å². The minimum atomic E-state index is -4.83. The topological polar surface area (TPSA) is 201 Å². The van der Waals surface area contributed by atoms with E-state index in [-0.39, 0.29) is 40.1 Å². The number of fused-ring (bicyclic) bond motifs is 1. The number of azo groups is 2. The van der Waals surface area contributed by atoms with Crippen LogP contribution in [0.5, 0.6) is 5.75 Å². The largest absolute Gasteiger partial charge is 0.505 e. The predicted molar refractivity (Wildman–Crippen MR) is 149 cm³/mol. The van der Waals surface area contributed by atoms with E-state index in [2.05, 4.69) is 40.7 Å². The molecule has 0 amide bonds. The molecule has 0 bridgehead atoms. The Morgan fingerprint density at radius 1 is 0.925 bits per heavy atom. The van der Waals surface area contributed by atoms with E-state index in [0.29, 0.717) is 17.2 Å². The molecular formula is C26H21N9O4S. The third-order valence-corrected chi connectivity index (χ3v) is 6.41. The Labute approximate surface area is 229 Å². The summed E-state index contributed by atoms with van der Waals surface area (Å²) in [4.78, 5) is 11.2. The zero-order chi connectivity index (χ0) is 29.1. The molecule has 200 valence electrons. The summed E-state index contributed by atoms with van der Waals surface area (Å²) in [6, 6.07) is 19.5. The molecule has 14 heteroatoms. The molecule has 13 nitrogen and oxygen atoms in total. The fourth-order valence-corrected chi connectivity index (χ4v) is 4.39. The van der Waals surface area contributed by atoms with Crippen LogP contribution in [0, 0.1) is 6.92 Å². The maximum Gasteiger partial charge on any atom is 0.296 e. The summed E-state index contributed by atoms with van der Waals surface area (Å²) in [7, 11) is -4.83. The van der Waals surface area contributed by atoms with Crippen LogP contribution in [0.2, 0.25) is 0 Å². The van der Waals surface area contributed by atoms with E-state index < -0.39 is 26.5 Å². The molecular weight excluding hydrogens is 534 g/mol. The maximum atomic E-state index is 12.2. The van der Waals surface area contributed by atoms with Crippen molar-refractivity contribution in [2.24, 2.45) is 20.5 Å². The van der Waals surface area contributed by atoms with Crippen LogP contribution in [0.1, 0.15) is 7.20 Å². The molecule has 0 fully saturated rings. The maximum absolute atomic E-state index is 12.2. The number of hydrogen-bond acceptors (Lipinski definition) is 12. The van der Waals surface area contributed by atoms with Gasteiger partial charge in [-0.05, 0) is 54.8 Å². The van der Waals surface area contributed by atoms with Gasteiger partial charge >= 0.3 is 0 Å². The SMILES string of the molecule is [3H]c1nc(C)nc(Nc2cccc(N=Nc3c(S(=O)(=O)O)cc4ccc(N=Nc5ccccc5)c(N)c4c3O)c2)n1. The number of aryl methyl sites for hydroxylation is 1. The highest BCUT2D eigenvalue weighted by molar-refractivity contribution is 7.86. The number of nitrogens with one attached hydrogen (secondary N) is 1. The van der Waals surface area contributed by atoms with Crippen molar-refractivity contribution in [3.63, 3.8) is 0 Å². The second-order valence-corrected chi connectivity index (χ2v) is 9.75. The van der Waals surface area contributed by atoms with Crippen molar-refractivity contribution in [1.29, 1.82) is 0 Å². The minimum absolute atomic E-state index is 0.0191. The van der Waals surface area contributed by atoms with Gasteiger partial charge in [-0.15, -0.1) is 10.2 Å². The third kappa shape index (κ3) is 5.72. The third-order valence-electron chi connectivity index (χ3n) is 5.55. The van der Waals surface area contributed by atoms with Gasteiger partial charge < -0.3 is 16.2 Å². The van der Waals surface area contributed by atoms with Crippen molar-refractivity contribution in [2.75, 3.05) is 11.1 Å². The molecule has 1 heterocycles. The van der Waals surface area contributed by atoms with Crippen LogP contribution >= 0.6 is 0 Å². The van der Waals surface area contributed by atoms with Gasteiger partial charge in [0.2, 0.25) is 5.95 Å². The number of nitrogens with zero attached hydrogens (tertiary/aromatic N) is 7. The van der Waals surface area contributed by atoms with E-state index in [1.165, 1.54) is 12.1 Å². The van der Waals surface area contributed by atoms with Gasteiger partial charge in [-0.3, -0.25) is 4.55 Å².